The van der Waals surface area contributed by atoms with Gasteiger partial charge in [-0.05, 0) is 43.4 Å². The topological polar surface area (TPSA) is 78.9 Å². The van der Waals surface area contributed by atoms with Crippen molar-refractivity contribution in [2.75, 3.05) is 25.0 Å². The fourth-order valence-corrected chi connectivity index (χ4v) is 3.87. The molecule has 0 spiro atoms. The molecule has 6 heteroatoms. The van der Waals surface area contributed by atoms with Crippen LogP contribution in [0.25, 0.3) is 0 Å². The highest BCUT2D eigenvalue weighted by atomic mass is 16.5. The van der Waals surface area contributed by atoms with E-state index in [1.165, 1.54) is 0 Å². The van der Waals surface area contributed by atoms with Crippen LogP contribution in [-0.4, -0.2) is 41.7 Å². The zero-order valence-electron chi connectivity index (χ0n) is 14.5. The number of carboxylic acids is 1. The number of aliphatic carboxylic acids is 1. The lowest BCUT2D eigenvalue weighted by Gasteiger charge is -2.23. The number of benzene rings is 1. The van der Waals surface area contributed by atoms with Crippen molar-refractivity contribution in [3.8, 4) is 5.75 Å². The molecule has 0 radical (unpaired) electrons. The van der Waals surface area contributed by atoms with Crippen LogP contribution in [0, 0.1) is 11.3 Å². The smallest absolute Gasteiger partial charge is 0.321 e. The number of carbonyl (C=O) groups excluding carboxylic acids is 1. The van der Waals surface area contributed by atoms with Gasteiger partial charge in [0, 0.05) is 24.8 Å². The van der Waals surface area contributed by atoms with E-state index >= 15 is 0 Å². The molecule has 0 unspecified atom stereocenters. The van der Waals surface area contributed by atoms with E-state index in [-0.39, 0.29) is 18.5 Å². The van der Waals surface area contributed by atoms with Crippen molar-refractivity contribution in [1.82, 2.24) is 4.90 Å². The van der Waals surface area contributed by atoms with Crippen molar-refractivity contribution in [1.29, 1.82) is 0 Å². The van der Waals surface area contributed by atoms with E-state index < -0.39 is 11.4 Å². The van der Waals surface area contributed by atoms with Gasteiger partial charge in [0.1, 0.15) is 12.4 Å². The first-order chi connectivity index (χ1) is 11.9. The summed E-state index contributed by atoms with van der Waals surface area (Å²) in [5.74, 6) is -0.0671. The minimum Gasteiger partial charge on any atom is -0.489 e. The molecule has 134 valence electrons. The van der Waals surface area contributed by atoms with Gasteiger partial charge in [-0.2, -0.15) is 0 Å². The lowest BCUT2D eigenvalue weighted by atomic mass is 9.81. The van der Waals surface area contributed by atoms with Crippen molar-refractivity contribution >= 4 is 17.7 Å². The van der Waals surface area contributed by atoms with Gasteiger partial charge in [-0.3, -0.25) is 4.79 Å². The molecule has 1 aliphatic heterocycles. The van der Waals surface area contributed by atoms with Crippen molar-refractivity contribution in [3.63, 3.8) is 0 Å². The van der Waals surface area contributed by atoms with Crippen LogP contribution in [0.5, 0.6) is 5.75 Å². The lowest BCUT2D eigenvalue weighted by molar-refractivity contribution is -0.149. The number of amides is 2. The van der Waals surface area contributed by atoms with Gasteiger partial charge in [0.25, 0.3) is 0 Å². The number of nitrogens with one attached hydrogen (secondary N) is 1. The Morgan fingerprint density at radius 3 is 2.96 bits per heavy atom. The van der Waals surface area contributed by atoms with Gasteiger partial charge >= 0.3 is 12.0 Å². The van der Waals surface area contributed by atoms with Crippen molar-refractivity contribution < 1.29 is 19.4 Å². The second-order valence-electron chi connectivity index (χ2n) is 7.13. The average Bonchev–Trinajstić information content (AvgIpc) is 3.11. The van der Waals surface area contributed by atoms with Crippen LogP contribution in [0.15, 0.2) is 36.4 Å². The number of rotatable bonds is 5. The Balaban J connectivity index is 1.64. The van der Waals surface area contributed by atoms with Crippen LogP contribution in [0.3, 0.4) is 0 Å². The molecule has 2 atom stereocenters. The first-order valence-electron chi connectivity index (χ1n) is 8.57. The summed E-state index contributed by atoms with van der Waals surface area (Å²) in [5.41, 5.74) is 0.784. The molecule has 25 heavy (non-hydrogen) atoms. The van der Waals surface area contributed by atoms with Crippen molar-refractivity contribution in [2.45, 2.75) is 26.2 Å². The normalized spacial score (nSPS) is 24.7. The molecule has 1 saturated heterocycles. The van der Waals surface area contributed by atoms with Crippen LogP contribution in [0.4, 0.5) is 10.5 Å². The highest BCUT2D eigenvalue weighted by Crippen LogP contribution is 2.48. The Labute approximate surface area is 147 Å². The second kappa shape index (κ2) is 6.78. The van der Waals surface area contributed by atoms with Gasteiger partial charge in [-0.15, -0.1) is 0 Å². The summed E-state index contributed by atoms with van der Waals surface area (Å²) >= 11 is 0. The summed E-state index contributed by atoms with van der Waals surface area (Å²) in [6, 6.07) is 6.91. The lowest BCUT2D eigenvalue weighted by Crippen LogP contribution is -2.38. The first-order valence-corrected chi connectivity index (χ1v) is 8.57. The first kappa shape index (κ1) is 17.3. The Hall–Kier alpha value is -2.50. The number of fused-ring (bicyclic) bond motifs is 1. The third kappa shape index (κ3) is 3.48. The van der Waals surface area contributed by atoms with E-state index in [1.54, 1.807) is 23.1 Å². The Morgan fingerprint density at radius 2 is 2.28 bits per heavy atom. The van der Waals surface area contributed by atoms with Crippen LogP contribution in [-0.2, 0) is 4.79 Å². The van der Waals surface area contributed by atoms with Crippen molar-refractivity contribution in [2.24, 2.45) is 11.3 Å². The van der Waals surface area contributed by atoms with E-state index in [9.17, 15) is 14.7 Å². The highest BCUT2D eigenvalue weighted by Gasteiger charge is 2.55. The molecule has 3 rings (SSSR count). The molecule has 2 N–H and O–H groups in total. The van der Waals surface area contributed by atoms with E-state index in [0.29, 0.717) is 31.0 Å². The molecule has 1 aromatic rings. The molecule has 1 aromatic carbocycles. The monoisotopic (exact) mass is 344 g/mol. The van der Waals surface area contributed by atoms with Gasteiger partial charge in [-0.25, -0.2) is 4.79 Å². The number of urea groups is 1. The summed E-state index contributed by atoms with van der Waals surface area (Å²) in [7, 11) is 0. The SMILES string of the molecule is C=C(C)COc1cccc(NC(=O)N2C[C@@H]3CCC[C@@]3(C(=O)O)C2)c1. The standard InChI is InChI=1S/C19H24N2O4/c1-13(2)11-25-16-7-3-6-15(9-16)20-18(24)21-10-14-5-4-8-19(14,12-21)17(22)23/h3,6-7,9,14H,1,4-5,8,10-12H2,2H3,(H,20,24)(H,22,23)/t14-,19+/m0/s1. The minimum absolute atomic E-state index is 0.0565. The number of ether oxygens (including phenoxy) is 1. The Bertz CT molecular complexity index is 702. The highest BCUT2D eigenvalue weighted by molar-refractivity contribution is 5.90. The van der Waals surface area contributed by atoms with Crippen LogP contribution < -0.4 is 10.1 Å². The van der Waals surface area contributed by atoms with E-state index in [1.807, 2.05) is 13.0 Å². The largest absolute Gasteiger partial charge is 0.489 e. The van der Waals surface area contributed by atoms with Crippen LogP contribution in [0.1, 0.15) is 26.2 Å². The van der Waals surface area contributed by atoms with Gasteiger partial charge in [0.2, 0.25) is 0 Å². The number of hydrogen-bond acceptors (Lipinski definition) is 3. The zero-order valence-corrected chi connectivity index (χ0v) is 14.5. The third-order valence-corrected chi connectivity index (χ3v) is 5.15. The van der Waals surface area contributed by atoms with Gasteiger partial charge in [0.15, 0.2) is 0 Å². The number of nitrogens with zero attached hydrogens (tertiary/aromatic N) is 1. The summed E-state index contributed by atoms with van der Waals surface area (Å²) in [5, 5.41) is 12.5. The predicted molar refractivity (Wildman–Crippen MR) is 94.8 cm³/mol. The molecule has 0 aromatic heterocycles. The van der Waals surface area contributed by atoms with E-state index in [4.69, 9.17) is 4.74 Å². The summed E-state index contributed by atoms with van der Waals surface area (Å²) in [4.78, 5) is 25.9. The molecule has 1 aliphatic carbocycles. The van der Waals surface area contributed by atoms with Crippen LogP contribution >= 0.6 is 0 Å². The molecule has 6 nitrogen and oxygen atoms in total. The fourth-order valence-electron chi connectivity index (χ4n) is 3.87. The molecule has 2 aliphatic rings. The minimum atomic E-state index is -0.777. The second-order valence-corrected chi connectivity index (χ2v) is 7.13. The Morgan fingerprint density at radius 1 is 1.48 bits per heavy atom. The molecule has 0 bridgehead atoms. The maximum Gasteiger partial charge on any atom is 0.321 e. The van der Waals surface area contributed by atoms with Crippen LogP contribution in [0.2, 0.25) is 0 Å². The third-order valence-electron chi connectivity index (χ3n) is 5.15. The zero-order chi connectivity index (χ0) is 18.0. The van der Waals surface area contributed by atoms with Gasteiger partial charge in [0.05, 0.1) is 5.41 Å². The number of hydrogen-bond donors (Lipinski definition) is 2. The molecular weight excluding hydrogens is 320 g/mol. The predicted octanol–water partition coefficient (Wildman–Crippen LogP) is 3.36. The van der Waals surface area contributed by atoms with Gasteiger partial charge < -0.3 is 20.1 Å². The average molecular weight is 344 g/mol. The summed E-state index contributed by atoms with van der Waals surface area (Å²) < 4.78 is 5.58. The number of anilines is 1. The van der Waals surface area contributed by atoms with E-state index in [0.717, 1.165) is 18.4 Å². The fraction of sp³-hybridized carbons (Fsp3) is 0.474. The quantitative estimate of drug-likeness (QED) is 0.803. The molecule has 1 heterocycles. The number of likely N-dealkylation sites (tertiary alicyclic amines) is 1. The maximum absolute atomic E-state index is 12.6. The molecule has 2 fully saturated rings. The number of carbonyl (C=O) groups is 2. The van der Waals surface area contributed by atoms with E-state index in [2.05, 4.69) is 11.9 Å². The number of carboxylic acid groups (broad SMARTS) is 1. The summed E-state index contributed by atoms with van der Waals surface area (Å²) in [6.45, 7) is 6.88. The molecule has 1 saturated carbocycles. The summed E-state index contributed by atoms with van der Waals surface area (Å²) in [6.07, 6.45) is 2.45. The molecular formula is C19H24N2O4. The van der Waals surface area contributed by atoms with Gasteiger partial charge in [-0.1, -0.05) is 19.1 Å². The molecule has 2 amide bonds. The maximum atomic E-state index is 12.6. The Kier molecular flexibility index (Phi) is 4.70. The van der Waals surface area contributed by atoms with Crippen molar-refractivity contribution in [3.05, 3.63) is 36.4 Å².